The van der Waals surface area contributed by atoms with E-state index < -0.39 is 0 Å². The average molecular weight is 445 g/mol. The number of hydrogen-bond acceptors (Lipinski definition) is 3. The van der Waals surface area contributed by atoms with Gasteiger partial charge in [-0.25, -0.2) is 10.1 Å². The number of para-hydroxylation sites is 1. The van der Waals surface area contributed by atoms with E-state index in [1.807, 2.05) is 72.9 Å². The zero-order chi connectivity index (χ0) is 20.1. The van der Waals surface area contributed by atoms with E-state index in [-0.39, 0.29) is 5.91 Å². The van der Waals surface area contributed by atoms with Crippen LogP contribution < -0.4 is 5.43 Å². The minimum atomic E-state index is -0.278. The van der Waals surface area contributed by atoms with Crippen LogP contribution >= 0.6 is 15.9 Å². The summed E-state index contributed by atoms with van der Waals surface area (Å²) in [5, 5.41) is 8.87. The zero-order valence-electron chi connectivity index (χ0n) is 15.4. The van der Waals surface area contributed by atoms with Gasteiger partial charge in [-0.3, -0.25) is 4.79 Å². The lowest BCUT2D eigenvalue weighted by atomic mass is 10.1. The molecule has 0 aliphatic rings. The fraction of sp³-hybridized carbons (Fsp3) is 0. The molecule has 0 atom stereocenters. The molecule has 6 heteroatoms. The number of carbonyl (C=O) groups excluding carboxylic acids is 1. The van der Waals surface area contributed by atoms with Crippen LogP contribution in [0.5, 0.6) is 0 Å². The first-order chi connectivity index (χ1) is 14.2. The number of carbonyl (C=O) groups is 1. The smallest absolute Gasteiger partial charge is 0.267 e. The number of amides is 1. The number of halogens is 1. The first kappa shape index (κ1) is 18.8. The molecule has 0 saturated heterocycles. The quantitative estimate of drug-likeness (QED) is 0.345. The van der Waals surface area contributed by atoms with Crippen LogP contribution in [0.15, 0.2) is 101 Å². The van der Waals surface area contributed by atoms with Crippen LogP contribution in [0.1, 0.15) is 15.9 Å². The third kappa shape index (κ3) is 4.50. The van der Waals surface area contributed by atoms with Gasteiger partial charge in [-0.15, -0.1) is 0 Å². The van der Waals surface area contributed by atoms with Crippen LogP contribution in [0.3, 0.4) is 0 Å². The highest BCUT2D eigenvalue weighted by Gasteiger charge is 2.11. The van der Waals surface area contributed by atoms with Gasteiger partial charge in [0.15, 0.2) is 0 Å². The Morgan fingerprint density at radius 3 is 2.41 bits per heavy atom. The summed E-state index contributed by atoms with van der Waals surface area (Å²) in [5.74, 6) is -0.278. The van der Waals surface area contributed by atoms with Crippen molar-refractivity contribution in [3.8, 4) is 16.9 Å². The molecule has 4 rings (SSSR count). The van der Waals surface area contributed by atoms with Crippen molar-refractivity contribution in [3.63, 3.8) is 0 Å². The van der Waals surface area contributed by atoms with E-state index in [4.69, 9.17) is 5.10 Å². The van der Waals surface area contributed by atoms with Crippen molar-refractivity contribution in [2.75, 3.05) is 0 Å². The summed E-state index contributed by atoms with van der Waals surface area (Å²) in [6.07, 6.45) is 3.51. The molecule has 0 aliphatic heterocycles. The average Bonchev–Trinajstić information content (AvgIpc) is 3.19. The second-order valence-corrected chi connectivity index (χ2v) is 7.20. The SMILES string of the molecule is O=C(N/N=C/c1cn(-c2ccccc2)nc1-c1ccccc1)c1cccc(Br)c1. The molecule has 5 nitrogen and oxygen atoms in total. The van der Waals surface area contributed by atoms with Crippen LogP contribution in [0.4, 0.5) is 0 Å². The lowest BCUT2D eigenvalue weighted by Gasteiger charge is -2.01. The molecule has 29 heavy (non-hydrogen) atoms. The van der Waals surface area contributed by atoms with Gasteiger partial charge in [0, 0.05) is 27.4 Å². The van der Waals surface area contributed by atoms with E-state index in [2.05, 4.69) is 26.5 Å². The van der Waals surface area contributed by atoms with Crippen LogP contribution in [-0.4, -0.2) is 21.9 Å². The second-order valence-electron chi connectivity index (χ2n) is 6.29. The van der Waals surface area contributed by atoms with Crippen LogP contribution in [-0.2, 0) is 0 Å². The zero-order valence-corrected chi connectivity index (χ0v) is 17.0. The van der Waals surface area contributed by atoms with Crippen molar-refractivity contribution < 1.29 is 4.79 Å². The Kier molecular flexibility index (Phi) is 5.63. The Bertz CT molecular complexity index is 1150. The van der Waals surface area contributed by atoms with Gasteiger partial charge in [-0.05, 0) is 30.3 Å². The highest BCUT2D eigenvalue weighted by molar-refractivity contribution is 9.10. The number of nitrogens with one attached hydrogen (secondary N) is 1. The summed E-state index contributed by atoms with van der Waals surface area (Å²) in [7, 11) is 0. The second kappa shape index (κ2) is 8.67. The highest BCUT2D eigenvalue weighted by Crippen LogP contribution is 2.22. The third-order valence-electron chi connectivity index (χ3n) is 4.27. The summed E-state index contributed by atoms with van der Waals surface area (Å²) >= 11 is 3.37. The van der Waals surface area contributed by atoms with Crippen LogP contribution in [0.25, 0.3) is 16.9 Å². The highest BCUT2D eigenvalue weighted by atomic mass is 79.9. The predicted molar refractivity (Wildman–Crippen MR) is 118 cm³/mol. The van der Waals surface area contributed by atoms with Gasteiger partial charge >= 0.3 is 0 Å². The van der Waals surface area contributed by atoms with Crippen LogP contribution in [0.2, 0.25) is 0 Å². The number of hydrogen-bond donors (Lipinski definition) is 1. The Labute approximate surface area is 176 Å². The minimum absolute atomic E-state index is 0.278. The van der Waals surface area contributed by atoms with E-state index in [0.717, 1.165) is 27.0 Å². The van der Waals surface area contributed by atoms with Crippen LogP contribution in [0, 0.1) is 0 Å². The molecule has 0 radical (unpaired) electrons. The Morgan fingerprint density at radius 2 is 1.69 bits per heavy atom. The van der Waals surface area contributed by atoms with Gasteiger partial charge in [-0.1, -0.05) is 70.5 Å². The van der Waals surface area contributed by atoms with Crippen molar-refractivity contribution in [2.24, 2.45) is 5.10 Å². The molecule has 0 fully saturated rings. The van der Waals surface area contributed by atoms with E-state index in [0.29, 0.717) is 5.56 Å². The van der Waals surface area contributed by atoms with E-state index in [1.54, 1.807) is 29.1 Å². The van der Waals surface area contributed by atoms with E-state index >= 15 is 0 Å². The van der Waals surface area contributed by atoms with Gasteiger partial charge in [0.05, 0.1) is 11.9 Å². The number of rotatable bonds is 5. The first-order valence-electron chi connectivity index (χ1n) is 9.00. The van der Waals surface area contributed by atoms with Crippen molar-refractivity contribution in [2.45, 2.75) is 0 Å². The molecular weight excluding hydrogens is 428 g/mol. The molecule has 0 spiro atoms. The number of hydrazone groups is 1. The molecule has 0 saturated carbocycles. The lowest BCUT2D eigenvalue weighted by Crippen LogP contribution is -2.17. The molecule has 1 heterocycles. The van der Waals surface area contributed by atoms with Gasteiger partial charge in [0.2, 0.25) is 0 Å². The maximum Gasteiger partial charge on any atom is 0.271 e. The molecule has 0 bridgehead atoms. The number of aromatic nitrogens is 2. The predicted octanol–water partition coefficient (Wildman–Crippen LogP) is 5.07. The maximum absolute atomic E-state index is 12.3. The molecule has 1 N–H and O–H groups in total. The van der Waals surface area contributed by atoms with Gasteiger partial charge in [-0.2, -0.15) is 10.2 Å². The summed E-state index contributed by atoms with van der Waals surface area (Å²) in [4.78, 5) is 12.3. The summed E-state index contributed by atoms with van der Waals surface area (Å²) in [6.45, 7) is 0. The van der Waals surface area contributed by atoms with Crippen molar-refractivity contribution in [1.82, 2.24) is 15.2 Å². The summed E-state index contributed by atoms with van der Waals surface area (Å²) in [6, 6.07) is 26.9. The Balaban J connectivity index is 1.62. The van der Waals surface area contributed by atoms with E-state index in [9.17, 15) is 4.79 Å². The Morgan fingerprint density at radius 1 is 0.966 bits per heavy atom. The van der Waals surface area contributed by atoms with Gasteiger partial charge in [0.25, 0.3) is 5.91 Å². The molecule has 0 unspecified atom stereocenters. The molecule has 4 aromatic rings. The molecule has 1 aromatic heterocycles. The standard InChI is InChI=1S/C23H17BrN4O/c24-20-11-7-10-18(14-20)23(29)26-25-15-19-16-28(21-12-5-2-6-13-21)27-22(19)17-8-3-1-4-9-17/h1-16H,(H,26,29)/b25-15+. The summed E-state index contributed by atoms with van der Waals surface area (Å²) in [5.41, 5.74) is 6.61. The number of nitrogens with zero attached hydrogens (tertiary/aromatic N) is 3. The monoisotopic (exact) mass is 444 g/mol. The molecule has 1 amide bonds. The fourth-order valence-corrected chi connectivity index (χ4v) is 3.27. The summed E-state index contributed by atoms with van der Waals surface area (Å²) < 4.78 is 2.64. The van der Waals surface area contributed by atoms with Crippen molar-refractivity contribution in [3.05, 3.63) is 107 Å². The number of benzene rings is 3. The molecule has 3 aromatic carbocycles. The maximum atomic E-state index is 12.3. The molecular formula is C23H17BrN4O. The lowest BCUT2D eigenvalue weighted by molar-refractivity contribution is 0.0955. The van der Waals surface area contributed by atoms with Crippen molar-refractivity contribution in [1.29, 1.82) is 0 Å². The first-order valence-corrected chi connectivity index (χ1v) is 9.79. The van der Waals surface area contributed by atoms with E-state index in [1.165, 1.54) is 0 Å². The van der Waals surface area contributed by atoms with Gasteiger partial charge < -0.3 is 0 Å². The Hall–Kier alpha value is -3.51. The molecule has 0 aliphatic carbocycles. The molecule has 142 valence electrons. The topological polar surface area (TPSA) is 59.3 Å². The minimum Gasteiger partial charge on any atom is -0.267 e. The van der Waals surface area contributed by atoms with Crippen molar-refractivity contribution >= 4 is 28.1 Å². The third-order valence-corrected chi connectivity index (χ3v) is 4.76. The van der Waals surface area contributed by atoms with Gasteiger partial charge in [0.1, 0.15) is 5.69 Å². The fourth-order valence-electron chi connectivity index (χ4n) is 2.87. The normalized spacial score (nSPS) is 10.9. The largest absolute Gasteiger partial charge is 0.271 e.